The van der Waals surface area contributed by atoms with Gasteiger partial charge in [-0.1, -0.05) is 42.4 Å². The van der Waals surface area contributed by atoms with Gasteiger partial charge in [-0.15, -0.1) is 0 Å². The smallest absolute Gasteiger partial charge is 0.250 e. The summed E-state index contributed by atoms with van der Waals surface area (Å²) < 4.78 is 3.78. The first-order valence-corrected chi connectivity index (χ1v) is 10.5. The molecule has 1 saturated heterocycles. The molecule has 0 radical (unpaired) electrons. The molecule has 0 atom stereocenters. The highest BCUT2D eigenvalue weighted by atomic mass is 16.2. The number of imidazole rings is 1. The normalized spacial score (nSPS) is 14.4. The Labute approximate surface area is 179 Å². The van der Waals surface area contributed by atoms with Crippen molar-refractivity contribution in [2.75, 3.05) is 31.1 Å². The maximum Gasteiger partial charge on any atom is 0.250 e. The van der Waals surface area contributed by atoms with E-state index in [1.807, 2.05) is 64.1 Å². The standard InChI is InChI=1S/C22H24N8O/c1-2-20-23-18-10-6-7-11-19(18)29(20)16-21(31)27-12-14-28(15-13-27)22-24-25-26-30(22)17-8-4-3-5-9-17/h3-11H,2,12-16H2,1H3. The summed E-state index contributed by atoms with van der Waals surface area (Å²) >= 11 is 0. The summed E-state index contributed by atoms with van der Waals surface area (Å²) in [4.78, 5) is 21.8. The molecule has 2 aromatic carbocycles. The lowest BCUT2D eigenvalue weighted by atomic mass is 10.3. The van der Waals surface area contributed by atoms with E-state index in [0.29, 0.717) is 38.7 Å². The van der Waals surface area contributed by atoms with Crippen molar-refractivity contribution in [1.82, 2.24) is 34.7 Å². The minimum absolute atomic E-state index is 0.111. The van der Waals surface area contributed by atoms with Crippen molar-refractivity contribution in [2.24, 2.45) is 0 Å². The molecule has 0 unspecified atom stereocenters. The van der Waals surface area contributed by atoms with Gasteiger partial charge in [0, 0.05) is 32.6 Å². The van der Waals surface area contributed by atoms with Crippen LogP contribution in [0.25, 0.3) is 16.7 Å². The molecule has 0 bridgehead atoms. The maximum absolute atomic E-state index is 13.1. The molecule has 4 aromatic rings. The van der Waals surface area contributed by atoms with Crippen LogP contribution in [0, 0.1) is 0 Å². The molecule has 0 saturated carbocycles. The van der Waals surface area contributed by atoms with Crippen LogP contribution in [0.15, 0.2) is 54.6 Å². The zero-order chi connectivity index (χ0) is 21.2. The molecule has 1 fully saturated rings. The van der Waals surface area contributed by atoms with Gasteiger partial charge in [0.25, 0.3) is 0 Å². The molecule has 1 aliphatic heterocycles. The molecule has 31 heavy (non-hydrogen) atoms. The molecule has 0 aliphatic carbocycles. The minimum atomic E-state index is 0.111. The fourth-order valence-corrected chi connectivity index (χ4v) is 4.08. The van der Waals surface area contributed by atoms with Gasteiger partial charge < -0.3 is 14.4 Å². The van der Waals surface area contributed by atoms with Gasteiger partial charge in [0.1, 0.15) is 12.4 Å². The average molecular weight is 416 g/mol. The Balaban J connectivity index is 1.28. The number of carbonyl (C=O) groups is 1. The predicted molar refractivity (Wildman–Crippen MR) is 117 cm³/mol. The summed E-state index contributed by atoms with van der Waals surface area (Å²) in [6, 6.07) is 17.8. The summed E-state index contributed by atoms with van der Waals surface area (Å²) in [5.74, 6) is 1.75. The SMILES string of the molecule is CCc1nc2ccccc2n1CC(=O)N1CCN(c2nnnn2-c2ccccc2)CC1. The highest BCUT2D eigenvalue weighted by molar-refractivity contribution is 5.81. The lowest BCUT2D eigenvalue weighted by Crippen LogP contribution is -2.50. The second-order valence-corrected chi connectivity index (χ2v) is 7.55. The molecule has 1 amide bonds. The molecular weight excluding hydrogens is 392 g/mol. The van der Waals surface area contributed by atoms with Crippen LogP contribution in [0.5, 0.6) is 0 Å². The number of para-hydroxylation sites is 3. The van der Waals surface area contributed by atoms with E-state index in [9.17, 15) is 4.79 Å². The third-order valence-electron chi connectivity index (χ3n) is 5.71. The van der Waals surface area contributed by atoms with Gasteiger partial charge in [-0.3, -0.25) is 4.79 Å². The number of carbonyl (C=O) groups excluding carboxylic acids is 1. The van der Waals surface area contributed by atoms with Crippen LogP contribution in [-0.4, -0.2) is 66.7 Å². The van der Waals surface area contributed by atoms with Gasteiger partial charge >= 0.3 is 0 Å². The monoisotopic (exact) mass is 416 g/mol. The number of aryl methyl sites for hydroxylation is 1. The van der Waals surface area contributed by atoms with Gasteiger partial charge in [-0.05, 0) is 34.7 Å². The molecule has 1 aliphatic rings. The summed E-state index contributed by atoms with van der Waals surface area (Å²) in [7, 11) is 0. The van der Waals surface area contributed by atoms with Crippen LogP contribution in [0.1, 0.15) is 12.7 Å². The van der Waals surface area contributed by atoms with Crippen LogP contribution in [0.4, 0.5) is 5.95 Å². The van der Waals surface area contributed by atoms with Crippen molar-refractivity contribution < 1.29 is 4.79 Å². The molecule has 2 aromatic heterocycles. The number of benzene rings is 2. The van der Waals surface area contributed by atoms with Crippen LogP contribution in [0.2, 0.25) is 0 Å². The summed E-state index contributed by atoms with van der Waals surface area (Å²) in [5.41, 5.74) is 2.86. The third-order valence-corrected chi connectivity index (χ3v) is 5.71. The first-order chi connectivity index (χ1) is 15.2. The fraction of sp³-hybridized carbons (Fsp3) is 0.318. The van der Waals surface area contributed by atoms with E-state index in [2.05, 4.69) is 32.3 Å². The van der Waals surface area contributed by atoms with Gasteiger partial charge in [-0.2, -0.15) is 4.68 Å². The zero-order valence-electron chi connectivity index (χ0n) is 17.4. The lowest BCUT2D eigenvalue weighted by Gasteiger charge is -2.35. The van der Waals surface area contributed by atoms with Crippen molar-refractivity contribution in [3.8, 4) is 5.69 Å². The molecule has 158 valence electrons. The van der Waals surface area contributed by atoms with Crippen molar-refractivity contribution in [2.45, 2.75) is 19.9 Å². The Morgan fingerprint density at radius 3 is 2.48 bits per heavy atom. The van der Waals surface area contributed by atoms with E-state index in [4.69, 9.17) is 0 Å². The second-order valence-electron chi connectivity index (χ2n) is 7.55. The number of aromatic nitrogens is 6. The fourth-order valence-electron chi connectivity index (χ4n) is 4.08. The van der Waals surface area contributed by atoms with E-state index < -0.39 is 0 Å². The Kier molecular flexibility index (Phi) is 5.07. The summed E-state index contributed by atoms with van der Waals surface area (Å²) in [6.07, 6.45) is 0.790. The molecule has 3 heterocycles. The number of fused-ring (bicyclic) bond motifs is 1. The van der Waals surface area contributed by atoms with Crippen LogP contribution in [0.3, 0.4) is 0 Å². The Hall–Kier alpha value is -3.75. The number of amides is 1. The van der Waals surface area contributed by atoms with Gasteiger partial charge in [-0.25, -0.2) is 4.98 Å². The van der Waals surface area contributed by atoms with Crippen molar-refractivity contribution in [3.05, 3.63) is 60.4 Å². The molecular formula is C22H24N8O. The predicted octanol–water partition coefficient (Wildman–Crippen LogP) is 1.92. The number of piperazine rings is 1. The first-order valence-electron chi connectivity index (χ1n) is 10.5. The molecule has 0 N–H and O–H groups in total. The maximum atomic E-state index is 13.1. The Morgan fingerprint density at radius 2 is 1.71 bits per heavy atom. The number of tetrazole rings is 1. The average Bonchev–Trinajstić information content (AvgIpc) is 3.45. The van der Waals surface area contributed by atoms with E-state index in [-0.39, 0.29) is 5.91 Å². The molecule has 5 rings (SSSR count). The highest BCUT2D eigenvalue weighted by Crippen LogP contribution is 2.19. The largest absolute Gasteiger partial charge is 0.338 e. The lowest BCUT2D eigenvalue weighted by molar-refractivity contribution is -0.132. The van der Waals surface area contributed by atoms with Crippen LogP contribution in [-0.2, 0) is 17.8 Å². The summed E-state index contributed by atoms with van der Waals surface area (Å²) in [6.45, 7) is 5.01. The molecule has 0 spiro atoms. The van der Waals surface area contributed by atoms with Gasteiger partial charge in [0.05, 0.1) is 16.7 Å². The van der Waals surface area contributed by atoms with Crippen LogP contribution >= 0.6 is 0 Å². The minimum Gasteiger partial charge on any atom is -0.338 e. The number of hydrogen-bond donors (Lipinski definition) is 0. The molecule has 9 heteroatoms. The molecule has 9 nitrogen and oxygen atoms in total. The topological polar surface area (TPSA) is 85.0 Å². The number of nitrogens with zero attached hydrogens (tertiary/aromatic N) is 8. The number of anilines is 1. The quantitative estimate of drug-likeness (QED) is 0.494. The van der Waals surface area contributed by atoms with E-state index in [0.717, 1.165) is 29.0 Å². The Morgan fingerprint density at radius 1 is 0.968 bits per heavy atom. The second kappa shape index (κ2) is 8.17. The van der Waals surface area contributed by atoms with Gasteiger partial charge in [0.15, 0.2) is 0 Å². The Bertz CT molecular complexity index is 1190. The van der Waals surface area contributed by atoms with E-state index in [1.54, 1.807) is 4.68 Å². The van der Waals surface area contributed by atoms with E-state index >= 15 is 0 Å². The number of rotatable bonds is 5. The van der Waals surface area contributed by atoms with Crippen LogP contribution < -0.4 is 4.90 Å². The van der Waals surface area contributed by atoms with Gasteiger partial charge in [0.2, 0.25) is 11.9 Å². The van der Waals surface area contributed by atoms with Crippen molar-refractivity contribution in [3.63, 3.8) is 0 Å². The zero-order valence-corrected chi connectivity index (χ0v) is 17.4. The third kappa shape index (κ3) is 3.63. The number of hydrogen-bond acceptors (Lipinski definition) is 6. The van der Waals surface area contributed by atoms with E-state index in [1.165, 1.54) is 0 Å². The highest BCUT2D eigenvalue weighted by Gasteiger charge is 2.25. The van der Waals surface area contributed by atoms with Crippen molar-refractivity contribution >= 4 is 22.9 Å². The van der Waals surface area contributed by atoms with Crippen molar-refractivity contribution in [1.29, 1.82) is 0 Å². The first kappa shape index (κ1) is 19.2. The summed E-state index contributed by atoms with van der Waals surface area (Å²) in [5, 5.41) is 12.2.